The van der Waals surface area contributed by atoms with Gasteiger partial charge in [0.25, 0.3) is 0 Å². The third-order valence-corrected chi connectivity index (χ3v) is 4.37. The lowest BCUT2D eigenvalue weighted by atomic mass is 10.2. The van der Waals surface area contributed by atoms with E-state index in [1.54, 1.807) is 18.2 Å². The minimum absolute atomic E-state index is 0.0459. The topological polar surface area (TPSA) is 98.0 Å². The highest BCUT2D eigenvalue weighted by Gasteiger charge is 2.15. The maximum Gasteiger partial charge on any atom is 0.241 e. The van der Waals surface area contributed by atoms with Crippen LogP contribution in [0.15, 0.2) is 46.1 Å². The first-order valence-corrected chi connectivity index (χ1v) is 7.72. The summed E-state index contributed by atoms with van der Waals surface area (Å²) in [7, 11) is -3.67. The van der Waals surface area contributed by atoms with Gasteiger partial charge in [-0.05, 0) is 30.3 Å². The van der Waals surface area contributed by atoms with Crippen molar-refractivity contribution < 1.29 is 12.9 Å². The summed E-state index contributed by atoms with van der Waals surface area (Å²) >= 11 is 5.79. The molecule has 0 aliphatic heterocycles. The van der Waals surface area contributed by atoms with Crippen molar-refractivity contribution in [1.82, 2.24) is 19.8 Å². The smallest absolute Gasteiger partial charge is 0.241 e. The molecule has 7 nitrogen and oxygen atoms in total. The van der Waals surface area contributed by atoms with E-state index in [0.29, 0.717) is 16.1 Å². The second kappa shape index (κ2) is 5.40. The monoisotopic (exact) mass is 324 g/mol. The van der Waals surface area contributed by atoms with Crippen molar-refractivity contribution in [3.8, 4) is 0 Å². The van der Waals surface area contributed by atoms with Crippen LogP contribution < -0.4 is 4.72 Å². The van der Waals surface area contributed by atoms with Crippen LogP contribution in [0.2, 0.25) is 5.15 Å². The fraction of sp³-hybridized carbons (Fsp3) is 0.0833. The largest absolute Gasteiger partial charge is 0.343 e. The minimum atomic E-state index is -3.67. The highest BCUT2D eigenvalue weighted by Crippen LogP contribution is 2.19. The van der Waals surface area contributed by atoms with Crippen molar-refractivity contribution in [1.29, 1.82) is 0 Å². The Balaban J connectivity index is 1.89. The molecule has 1 aromatic carbocycles. The number of nitrogens with zero attached hydrogens (tertiary/aromatic N) is 3. The summed E-state index contributed by atoms with van der Waals surface area (Å²) in [4.78, 5) is 7.97. The normalized spacial score (nSPS) is 11.9. The second-order valence-electron chi connectivity index (χ2n) is 4.16. The molecule has 0 saturated heterocycles. The molecule has 3 rings (SSSR count). The number of halogens is 1. The molecule has 108 valence electrons. The van der Waals surface area contributed by atoms with E-state index in [1.807, 2.05) is 0 Å². The van der Waals surface area contributed by atoms with Gasteiger partial charge in [-0.1, -0.05) is 16.8 Å². The van der Waals surface area contributed by atoms with E-state index in [-0.39, 0.29) is 17.3 Å². The molecule has 0 aliphatic carbocycles. The molecule has 3 aromatic rings. The van der Waals surface area contributed by atoms with E-state index in [1.165, 1.54) is 12.1 Å². The number of nitrogens with one attached hydrogen (secondary N) is 1. The fourth-order valence-corrected chi connectivity index (χ4v) is 2.93. The van der Waals surface area contributed by atoms with E-state index in [9.17, 15) is 8.42 Å². The Hall–Kier alpha value is -2.03. The van der Waals surface area contributed by atoms with Crippen LogP contribution in [-0.4, -0.2) is 23.5 Å². The van der Waals surface area contributed by atoms with E-state index in [0.717, 1.165) is 6.39 Å². The number of aromatic nitrogens is 3. The first-order valence-electron chi connectivity index (χ1n) is 5.86. The Kier molecular flexibility index (Phi) is 3.58. The number of hydrogen-bond donors (Lipinski definition) is 1. The van der Waals surface area contributed by atoms with E-state index >= 15 is 0 Å². The summed E-state index contributed by atoms with van der Waals surface area (Å²) in [5, 5.41) is 4.57. The molecule has 0 aliphatic rings. The predicted molar refractivity (Wildman–Crippen MR) is 75.1 cm³/mol. The Bertz CT molecular complexity index is 881. The summed E-state index contributed by atoms with van der Waals surface area (Å²) in [6.07, 6.45) is 1.13. The maximum absolute atomic E-state index is 12.2. The SMILES string of the molecule is O=S(=O)(NCc1ncon1)c1ccc2nc(Cl)ccc2c1. The standard InChI is InChI=1S/C12H9ClN4O3S/c13-11-4-1-8-5-9(2-3-10(8)16-11)21(18,19)15-6-12-14-7-20-17-12/h1-5,7,15H,6H2. The van der Waals surface area contributed by atoms with E-state index in [2.05, 4.69) is 24.4 Å². The van der Waals surface area contributed by atoms with Crippen molar-refractivity contribution in [2.24, 2.45) is 0 Å². The summed E-state index contributed by atoms with van der Waals surface area (Å²) in [5.41, 5.74) is 0.625. The van der Waals surface area contributed by atoms with Crippen LogP contribution in [0.25, 0.3) is 10.9 Å². The van der Waals surface area contributed by atoms with Gasteiger partial charge in [0, 0.05) is 5.39 Å². The van der Waals surface area contributed by atoms with Gasteiger partial charge in [0.1, 0.15) is 5.15 Å². The first-order chi connectivity index (χ1) is 10.0. The minimum Gasteiger partial charge on any atom is -0.343 e. The molecular weight excluding hydrogens is 316 g/mol. The second-order valence-corrected chi connectivity index (χ2v) is 6.31. The van der Waals surface area contributed by atoms with Crippen LogP contribution in [0.4, 0.5) is 0 Å². The van der Waals surface area contributed by atoms with Gasteiger partial charge in [-0.3, -0.25) is 0 Å². The van der Waals surface area contributed by atoms with Crippen molar-refractivity contribution in [3.63, 3.8) is 0 Å². The average Bonchev–Trinajstić information content (AvgIpc) is 2.98. The lowest BCUT2D eigenvalue weighted by molar-refractivity contribution is 0.409. The highest BCUT2D eigenvalue weighted by molar-refractivity contribution is 7.89. The highest BCUT2D eigenvalue weighted by atomic mass is 35.5. The van der Waals surface area contributed by atoms with Crippen LogP contribution in [0, 0.1) is 0 Å². The molecule has 0 atom stereocenters. The van der Waals surface area contributed by atoms with Gasteiger partial charge in [-0.2, -0.15) is 4.98 Å². The van der Waals surface area contributed by atoms with Crippen molar-refractivity contribution in [3.05, 3.63) is 47.7 Å². The van der Waals surface area contributed by atoms with Crippen LogP contribution >= 0.6 is 11.6 Å². The molecule has 0 radical (unpaired) electrons. The molecule has 9 heteroatoms. The molecule has 2 heterocycles. The lowest BCUT2D eigenvalue weighted by Gasteiger charge is -2.06. The number of rotatable bonds is 4. The van der Waals surface area contributed by atoms with E-state index in [4.69, 9.17) is 11.6 Å². The van der Waals surface area contributed by atoms with Crippen molar-refractivity contribution in [2.75, 3.05) is 0 Å². The molecular formula is C12H9ClN4O3S. The summed E-state index contributed by atoms with van der Waals surface area (Å²) in [6.45, 7) is -0.0459. The molecule has 2 aromatic heterocycles. The van der Waals surface area contributed by atoms with Crippen LogP contribution in [0.3, 0.4) is 0 Å². The Morgan fingerprint density at radius 2 is 2.10 bits per heavy atom. The number of fused-ring (bicyclic) bond motifs is 1. The van der Waals surface area contributed by atoms with Gasteiger partial charge in [-0.25, -0.2) is 18.1 Å². The maximum atomic E-state index is 12.2. The van der Waals surface area contributed by atoms with Gasteiger partial charge in [0.2, 0.25) is 16.4 Å². The van der Waals surface area contributed by atoms with Gasteiger partial charge in [0.15, 0.2) is 5.82 Å². The number of hydrogen-bond acceptors (Lipinski definition) is 6. The Morgan fingerprint density at radius 1 is 1.24 bits per heavy atom. The lowest BCUT2D eigenvalue weighted by Crippen LogP contribution is -2.23. The Morgan fingerprint density at radius 3 is 2.86 bits per heavy atom. The van der Waals surface area contributed by atoms with Gasteiger partial charge >= 0.3 is 0 Å². The molecule has 0 amide bonds. The molecule has 0 fully saturated rings. The van der Waals surface area contributed by atoms with E-state index < -0.39 is 10.0 Å². The summed E-state index contributed by atoms with van der Waals surface area (Å²) < 4.78 is 31.3. The quantitative estimate of drug-likeness (QED) is 0.734. The fourth-order valence-electron chi connectivity index (χ4n) is 1.76. The molecule has 1 N–H and O–H groups in total. The molecule has 0 saturated carbocycles. The summed E-state index contributed by atoms with van der Waals surface area (Å²) in [5.74, 6) is 0.257. The van der Waals surface area contributed by atoms with Gasteiger partial charge in [0.05, 0.1) is 17.0 Å². The first kappa shape index (κ1) is 13.9. The zero-order valence-electron chi connectivity index (χ0n) is 10.5. The van der Waals surface area contributed by atoms with Crippen molar-refractivity contribution >= 4 is 32.5 Å². The molecule has 21 heavy (non-hydrogen) atoms. The number of sulfonamides is 1. The summed E-state index contributed by atoms with van der Waals surface area (Å²) in [6, 6.07) is 7.90. The Labute approximate surface area is 125 Å². The number of benzene rings is 1. The average molecular weight is 325 g/mol. The van der Waals surface area contributed by atoms with Crippen LogP contribution in [0.1, 0.15) is 5.82 Å². The van der Waals surface area contributed by atoms with Crippen LogP contribution in [-0.2, 0) is 16.6 Å². The third kappa shape index (κ3) is 3.02. The van der Waals surface area contributed by atoms with Crippen LogP contribution in [0.5, 0.6) is 0 Å². The van der Waals surface area contributed by atoms with Gasteiger partial charge < -0.3 is 4.52 Å². The molecule has 0 bridgehead atoms. The number of pyridine rings is 1. The molecule has 0 unspecified atom stereocenters. The zero-order valence-corrected chi connectivity index (χ0v) is 12.1. The zero-order chi connectivity index (χ0) is 14.9. The van der Waals surface area contributed by atoms with Crippen molar-refractivity contribution in [2.45, 2.75) is 11.4 Å². The van der Waals surface area contributed by atoms with Gasteiger partial charge in [-0.15, -0.1) is 0 Å². The third-order valence-electron chi connectivity index (χ3n) is 2.76. The predicted octanol–water partition coefficient (Wildman–Crippen LogP) is 1.75. The molecule has 0 spiro atoms.